The summed E-state index contributed by atoms with van der Waals surface area (Å²) in [7, 11) is -1.42. The average molecular weight is 519 g/mol. The van der Waals surface area contributed by atoms with E-state index in [-0.39, 0.29) is 11.3 Å². The van der Waals surface area contributed by atoms with E-state index in [4.69, 9.17) is 4.74 Å². The summed E-state index contributed by atoms with van der Waals surface area (Å²) in [6.07, 6.45) is 8.53. The number of carbonyl (C=O) groups excluding carboxylic acids is 1. The standard InChI is InChI=1S/C26H34N2O7S/c1-3-4-5-6-7-8-9-10-11-24(19-36(34)25-14-12-20(2)13-15-25)35-26(29)21-16-22(27(30)31)18-23(17-21)28(32)33/h12-18,24H,3-11,19H2,1-2H3/t24-,36?/m0/s1. The third-order valence-electron chi connectivity index (χ3n) is 5.83. The predicted octanol–water partition coefficient (Wildman–Crippen LogP) is 6.68. The minimum Gasteiger partial charge on any atom is -0.458 e. The molecule has 2 aromatic rings. The Labute approximate surface area is 214 Å². The van der Waals surface area contributed by atoms with Gasteiger partial charge in [-0.3, -0.25) is 24.4 Å². The van der Waals surface area contributed by atoms with Crippen LogP contribution in [-0.2, 0) is 15.5 Å². The van der Waals surface area contributed by atoms with Crippen LogP contribution in [0.3, 0.4) is 0 Å². The molecule has 10 heteroatoms. The van der Waals surface area contributed by atoms with Crippen LogP contribution in [0.1, 0.15) is 80.6 Å². The second-order valence-corrected chi connectivity index (χ2v) is 10.4. The van der Waals surface area contributed by atoms with Gasteiger partial charge in [-0.2, -0.15) is 0 Å². The average Bonchev–Trinajstić information content (AvgIpc) is 2.85. The van der Waals surface area contributed by atoms with Crippen LogP contribution >= 0.6 is 0 Å². The zero-order valence-corrected chi connectivity index (χ0v) is 21.7. The van der Waals surface area contributed by atoms with Crippen molar-refractivity contribution in [3.63, 3.8) is 0 Å². The van der Waals surface area contributed by atoms with Crippen molar-refractivity contribution in [2.24, 2.45) is 0 Å². The first-order chi connectivity index (χ1) is 17.2. The third kappa shape index (κ3) is 9.85. The largest absolute Gasteiger partial charge is 0.458 e. The molecule has 0 heterocycles. The molecule has 1 unspecified atom stereocenters. The van der Waals surface area contributed by atoms with Crippen molar-refractivity contribution in [3.05, 3.63) is 73.8 Å². The molecule has 0 aliphatic carbocycles. The fourth-order valence-electron chi connectivity index (χ4n) is 3.78. The molecule has 2 atom stereocenters. The number of nitro benzene ring substituents is 2. The van der Waals surface area contributed by atoms with E-state index in [0.29, 0.717) is 11.3 Å². The fraction of sp³-hybridized carbons (Fsp3) is 0.500. The third-order valence-corrected chi connectivity index (χ3v) is 7.31. The van der Waals surface area contributed by atoms with Crippen LogP contribution in [0.15, 0.2) is 47.4 Å². The Balaban J connectivity index is 2.09. The Bertz CT molecular complexity index is 1020. The van der Waals surface area contributed by atoms with Gasteiger partial charge < -0.3 is 4.74 Å². The van der Waals surface area contributed by atoms with Crippen molar-refractivity contribution >= 4 is 28.1 Å². The first kappa shape index (κ1) is 29.1. The molecule has 0 saturated heterocycles. The SMILES string of the molecule is CCCCCCCCCC[C@@H](CS(=O)c1ccc(C)cc1)OC(=O)c1cc([N+](=O)[O-])cc([N+](=O)[O-])c1. The number of hydrogen-bond donors (Lipinski definition) is 0. The number of unbranched alkanes of at least 4 members (excludes halogenated alkanes) is 7. The first-order valence-electron chi connectivity index (χ1n) is 12.3. The molecule has 9 nitrogen and oxygen atoms in total. The van der Waals surface area contributed by atoms with Crippen LogP contribution in [0.25, 0.3) is 0 Å². The molecular formula is C26H34N2O7S. The Morgan fingerprint density at radius 1 is 0.889 bits per heavy atom. The number of rotatable bonds is 16. The highest BCUT2D eigenvalue weighted by Gasteiger charge is 2.24. The maximum Gasteiger partial charge on any atom is 0.338 e. The molecule has 0 saturated carbocycles. The summed E-state index contributed by atoms with van der Waals surface area (Å²) in [5.41, 5.74) is -0.388. The molecule has 0 radical (unpaired) electrons. The normalized spacial score (nSPS) is 12.6. The van der Waals surface area contributed by atoms with E-state index in [2.05, 4.69) is 6.92 Å². The van der Waals surface area contributed by atoms with Gasteiger partial charge in [-0.25, -0.2) is 4.79 Å². The first-order valence-corrected chi connectivity index (χ1v) is 13.6. The summed E-state index contributed by atoms with van der Waals surface area (Å²) in [5.74, 6) is -0.838. The number of aryl methyl sites for hydroxylation is 1. The zero-order valence-electron chi connectivity index (χ0n) is 20.9. The lowest BCUT2D eigenvalue weighted by molar-refractivity contribution is -0.394. The van der Waals surface area contributed by atoms with Crippen LogP contribution in [0.5, 0.6) is 0 Å². The molecule has 0 fully saturated rings. The quantitative estimate of drug-likeness (QED) is 0.105. The van der Waals surface area contributed by atoms with E-state index in [1.807, 2.05) is 19.1 Å². The highest BCUT2D eigenvalue weighted by Crippen LogP contribution is 2.24. The number of nitro groups is 2. The topological polar surface area (TPSA) is 130 Å². The molecule has 2 rings (SSSR count). The Kier molecular flexibility index (Phi) is 12.2. The van der Waals surface area contributed by atoms with Gasteiger partial charge in [0.2, 0.25) is 0 Å². The molecule has 0 amide bonds. The van der Waals surface area contributed by atoms with Crippen molar-refractivity contribution in [1.82, 2.24) is 0 Å². The van der Waals surface area contributed by atoms with Crippen molar-refractivity contribution in [2.45, 2.75) is 82.6 Å². The van der Waals surface area contributed by atoms with Crippen LogP contribution in [0, 0.1) is 27.2 Å². The molecule has 0 spiro atoms. The number of nitrogens with zero attached hydrogens (tertiary/aromatic N) is 2. The summed E-state index contributed by atoms with van der Waals surface area (Å²) in [6, 6.07) is 9.96. The number of hydrogen-bond acceptors (Lipinski definition) is 7. The van der Waals surface area contributed by atoms with Gasteiger partial charge in [0.1, 0.15) is 6.10 Å². The predicted molar refractivity (Wildman–Crippen MR) is 139 cm³/mol. The van der Waals surface area contributed by atoms with E-state index in [1.165, 1.54) is 25.7 Å². The maximum atomic E-state index is 12.9. The molecular weight excluding hydrogens is 484 g/mol. The monoisotopic (exact) mass is 518 g/mol. The van der Waals surface area contributed by atoms with E-state index < -0.39 is 44.1 Å². The Morgan fingerprint density at radius 3 is 1.94 bits per heavy atom. The minimum absolute atomic E-state index is 0.0717. The second-order valence-electron chi connectivity index (χ2n) is 8.87. The number of carbonyl (C=O) groups is 1. The number of esters is 1. The highest BCUT2D eigenvalue weighted by atomic mass is 32.2. The van der Waals surface area contributed by atoms with E-state index in [0.717, 1.165) is 49.4 Å². The fourth-order valence-corrected chi connectivity index (χ4v) is 4.99. The molecule has 0 N–H and O–H groups in total. The van der Waals surface area contributed by atoms with E-state index >= 15 is 0 Å². The lowest BCUT2D eigenvalue weighted by Gasteiger charge is -2.18. The van der Waals surface area contributed by atoms with Crippen molar-refractivity contribution < 1.29 is 23.6 Å². The van der Waals surface area contributed by atoms with Gasteiger partial charge in [-0.1, -0.05) is 69.6 Å². The van der Waals surface area contributed by atoms with Gasteiger partial charge in [-0.15, -0.1) is 0 Å². The van der Waals surface area contributed by atoms with Gasteiger partial charge in [0.25, 0.3) is 11.4 Å². The lowest BCUT2D eigenvalue weighted by atomic mass is 10.1. The Hall–Kier alpha value is -3.14. The summed E-state index contributed by atoms with van der Waals surface area (Å²) in [4.78, 5) is 34.2. The number of non-ortho nitro benzene ring substituents is 2. The van der Waals surface area contributed by atoms with E-state index in [9.17, 15) is 29.2 Å². The van der Waals surface area contributed by atoms with Crippen LogP contribution in [-0.4, -0.2) is 31.9 Å². The lowest BCUT2D eigenvalue weighted by Crippen LogP contribution is -2.25. The van der Waals surface area contributed by atoms with Gasteiger partial charge in [0.15, 0.2) is 0 Å². The molecule has 0 aromatic heterocycles. The van der Waals surface area contributed by atoms with Crippen LogP contribution in [0.2, 0.25) is 0 Å². The van der Waals surface area contributed by atoms with Crippen LogP contribution in [0.4, 0.5) is 11.4 Å². The molecule has 0 bridgehead atoms. The molecule has 0 aliphatic heterocycles. The number of ether oxygens (including phenoxy) is 1. The van der Waals surface area contributed by atoms with Crippen molar-refractivity contribution in [2.75, 3.05) is 5.75 Å². The second kappa shape index (κ2) is 15.1. The maximum absolute atomic E-state index is 12.9. The Morgan fingerprint density at radius 2 is 1.42 bits per heavy atom. The smallest absolute Gasteiger partial charge is 0.338 e. The summed E-state index contributed by atoms with van der Waals surface area (Å²) in [6.45, 7) is 4.10. The zero-order chi connectivity index (χ0) is 26.5. The number of benzene rings is 2. The molecule has 36 heavy (non-hydrogen) atoms. The van der Waals surface area contributed by atoms with Crippen molar-refractivity contribution in [1.29, 1.82) is 0 Å². The van der Waals surface area contributed by atoms with Crippen molar-refractivity contribution in [3.8, 4) is 0 Å². The van der Waals surface area contributed by atoms with Crippen LogP contribution < -0.4 is 0 Å². The molecule has 196 valence electrons. The van der Waals surface area contributed by atoms with E-state index in [1.54, 1.807) is 12.1 Å². The molecule has 0 aliphatic rings. The minimum atomic E-state index is -1.42. The molecule has 2 aromatic carbocycles. The van der Waals surface area contributed by atoms with Gasteiger partial charge in [-0.05, 0) is 31.9 Å². The van der Waals surface area contributed by atoms with Gasteiger partial charge in [0, 0.05) is 17.0 Å². The summed E-state index contributed by atoms with van der Waals surface area (Å²) in [5, 5.41) is 22.4. The summed E-state index contributed by atoms with van der Waals surface area (Å²) < 4.78 is 18.6. The summed E-state index contributed by atoms with van der Waals surface area (Å²) >= 11 is 0. The van der Waals surface area contributed by atoms with Gasteiger partial charge >= 0.3 is 5.97 Å². The van der Waals surface area contributed by atoms with Gasteiger partial charge in [0.05, 0.1) is 38.0 Å². The highest BCUT2D eigenvalue weighted by molar-refractivity contribution is 7.85.